The number of nitrogen functional groups attached to an aromatic ring is 2. The monoisotopic (exact) mass is 183 g/mol. The quantitative estimate of drug-likeness (QED) is 0.444. The number of hydrazine groups is 1. The van der Waals surface area contributed by atoms with E-state index in [0.717, 1.165) is 0 Å². The highest BCUT2D eigenvalue weighted by atomic mass is 16.5. The minimum Gasteiger partial charge on any atom is -0.384 e. The molecule has 0 amide bonds. The van der Waals surface area contributed by atoms with Crippen molar-refractivity contribution >= 4 is 11.6 Å². The molecule has 0 aromatic carbocycles. The maximum atomic E-state index is 5.50. The standard InChI is InChI=1S/C7H13N5O/c1-2-13-4-7-10-5(8)3-6(11-7)12-9/h3H,2,4,9H2,1H3,(H3,8,10,11,12). The molecular weight excluding hydrogens is 170 g/mol. The van der Waals surface area contributed by atoms with Gasteiger partial charge in [-0.25, -0.2) is 15.8 Å². The predicted octanol–water partition coefficient (Wildman–Crippen LogP) is -0.119. The Labute approximate surface area is 76.3 Å². The molecule has 0 radical (unpaired) electrons. The molecule has 1 rings (SSSR count). The largest absolute Gasteiger partial charge is 0.384 e. The number of rotatable bonds is 4. The van der Waals surface area contributed by atoms with Gasteiger partial charge in [0, 0.05) is 12.7 Å². The fourth-order valence-corrected chi connectivity index (χ4v) is 0.850. The second-order valence-electron chi connectivity index (χ2n) is 2.38. The molecule has 1 heterocycles. The summed E-state index contributed by atoms with van der Waals surface area (Å²) in [6.07, 6.45) is 0. The molecule has 6 nitrogen and oxygen atoms in total. The van der Waals surface area contributed by atoms with Gasteiger partial charge < -0.3 is 15.9 Å². The summed E-state index contributed by atoms with van der Waals surface area (Å²) < 4.78 is 5.12. The fourth-order valence-electron chi connectivity index (χ4n) is 0.850. The van der Waals surface area contributed by atoms with Crippen LogP contribution in [-0.4, -0.2) is 16.6 Å². The Morgan fingerprint density at radius 2 is 2.31 bits per heavy atom. The average molecular weight is 183 g/mol. The van der Waals surface area contributed by atoms with Gasteiger partial charge >= 0.3 is 0 Å². The van der Waals surface area contributed by atoms with Crippen LogP contribution in [0, 0.1) is 0 Å². The number of hydrogen-bond acceptors (Lipinski definition) is 6. The molecule has 1 aromatic rings. The molecule has 6 heteroatoms. The number of hydrogen-bond donors (Lipinski definition) is 3. The van der Waals surface area contributed by atoms with Gasteiger partial charge in [0.25, 0.3) is 0 Å². The molecule has 0 unspecified atom stereocenters. The minimum atomic E-state index is 0.343. The van der Waals surface area contributed by atoms with Crippen LogP contribution < -0.4 is 17.0 Å². The van der Waals surface area contributed by atoms with E-state index >= 15 is 0 Å². The van der Waals surface area contributed by atoms with E-state index < -0.39 is 0 Å². The molecule has 0 saturated carbocycles. The molecule has 0 spiro atoms. The number of nitrogens with zero attached hydrogens (tertiary/aromatic N) is 2. The number of ether oxygens (including phenoxy) is 1. The number of nitrogens with two attached hydrogens (primary N) is 2. The van der Waals surface area contributed by atoms with E-state index in [1.165, 1.54) is 0 Å². The first-order chi connectivity index (χ1) is 6.26. The molecular formula is C7H13N5O. The molecule has 0 aliphatic heterocycles. The summed E-state index contributed by atoms with van der Waals surface area (Å²) in [6.45, 7) is 2.86. The van der Waals surface area contributed by atoms with Gasteiger partial charge in [-0.2, -0.15) is 0 Å². The van der Waals surface area contributed by atoms with Crippen LogP contribution in [0.5, 0.6) is 0 Å². The maximum Gasteiger partial charge on any atom is 0.158 e. The van der Waals surface area contributed by atoms with Crippen LogP contribution in [0.4, 0.5) is 11.6 Å². The second kappa shape index (κ2) is 4.58. The zero-order valence-corrected chi connectivity index (χ0v) is 7.45. The zero-order valence-electron chi connectivity index (χ0n) is 7.45. The van der Waals surface area contributed by atoms with Crippen LogP contribution in [0.3, 0.4) is 0 Å². The summed E-state index contributed by atoms with van der Waals surface area (Å²) in [5.74, 6) is 6.56. The Hall–Kier alpha value is -1.40. The van der Waals surface area contributed by atoms with Crippen molar-refractivity contribution < 1.29 is 4.74 Å². The van der Waals surface area contributed by atoms with E-state index in [1.807, 2.05) is 6.92 Å². The zero-order chi connectivity index (χ0) is 9.68. The van der Waals surface area contributed by atoms with Crippen molar-refractivity contribution in [3.63, 3.8) is 0 Å². The van der Waals surface area contributed by atoms with Gasteiger partial charge in [-0.3, -0.25) is 0 Å². The average Bonchev–Trinajstić information content (AvgIpc) is 2.14. The van der Waals surface area contributed by atoms with Gasteiger partial charge in [0.2, 0.25) is 0 Å². The highest BCUT2D eigenvalue weighted by molar-refractivity contribution is 5.43. The summed E-state index contributed by atoms with van der Waals surface area (Å²) in [5.41, 5.74) is 7.90. The van der Waals surface area contributed by atoms with Gasteiger partial charge in [-0.15, -0.1) is 0 Å². The van der Waals surface area contributed by atoms with Crippen LogP contribution in [0.1, 0.15) is 12.7 Å². The molecule has 13 heavy (non-hydrogen) atoms. The van der Waals surface area contributed by atoms with Gasteiger partial charge in [0.15, 0.2) is 5.82 Å². The second-order valence-corrected chi connectivity index (χ2v) is 2.38. The Bertz CT molecular complexity index is 278. The predicted molar refractivity (Wildman–Crippen MR) is 49.6 cm³/mol. The molecule has 0 aliphatic rings. The van der Waals surface area contributed by atoms with Gasteiger partial charge in [0.05, 0.1) is 0 Å². The van der Waals surface area contributed by atoms with Crippen LogP contribution in [0.15, 0.2) is 6.07 Å². The molecule has 5 N–H and O–H groups in total. The van der Waals surface area contributed by atoms with Gasteiger partial charge in [-0.05, 0) is 6.92 Å². The Kier molecular flexibility index (Phi) is 3.41. The first-order valence-electron chi connectivity index (χ1n) is 3.94. The van der Waals surface area contributed by atoms with Crippen molar-refractivity contribution in [2.45, 2.75) is 13.5 Å². The SMILES string of the molecule is CCOCc1nc(N)cc(NN)n1. The molecule has 0 fully saturated rings. The fraction of sp³-hybridized carbons (Fsp3) is 0.429. The Morgan fingerprint density at radius 3 is 2.92 bits per heavy atom. The molecule has 1 aromatic heterocycles. The lowest BCUT2D eigenvalue weighted by molar-refractivity contribution is 0.128. The molecule has 72 valence electrons. The molecule has 0 atom stereocenters. The number of anilines is 2. The van der Waals surface area contributed by atoms with E-state index in [9.17, 15) is 0 Å². The van der Waals surface area contributed by atoms with Crippen molar-refractivity contribution in [1.82, 2.24) is 9.97 Å². The van der Waals surface area contributed by atoms with E-state index in [0.29, 0.717) is 30.7 Å². The summed E-state index contributed by atoms with van der Waals surface area (Å²) >= 11 is 0. The highest BCUT2D eigenvalue weighted by Crippen LogP contribution is 2.07. The smallest absolute Gasteiger partial charge is 0.158 e. The van der Waals surface area contributed by atoms with Gasteiger partial charge in [0.1, 0.15) is 18.2 Å². The Morgan fingerprint density at radius 1 is 1.54 bits per heavy atom. The highest BCUT2D eigenvalue weighted by Gasteiger charge is 2.00. The third-order valence-electron chi connectivity index (χ3n) is 1.38. The topological polar surface area (TPSA) is 99.1 Å². The molecule has 0 aliphatic carbocycles. The Balaban J connectivity index is 2.76. The maximum absolute atomic E-state index is 5.50. The van der Waals surface area contributed by atoms with Crippen LogP contribution in [-0.2, 0) is 11.3 Å². The van der Waals surface area contributed by atoms with Crippen LogP contribution in [0.2, 0.25) is 0 Å². The lowest BCUT2D eigenvalue weighted by Crippen LogP contribution is -2.12. The molecule has 0 bridgehead atoms. The van der Waals surface area contributed by atoms with Crippen molar-refractivity contribution in [2.24, 2.45) is 5.84 Å². The summed E-state index contributed by atoms with van der Waals surface area (Å²) in [7, 11) is 0. The molecule has 0 saturated heterocycles. The first kappa shape index (κ1) is 9.69. The number of nitrogens with one attached hydrogen (secondary N) is 1. The van der Waals surface area contributed by atoms with E-state index in [1.54, 1.807) is 6.07 Å². The first-order valence-corrected chi connectivity index (χ1v) is 3.94. The van der Waals surface area contributed by atoms with Crippen molar-refractivity contribution in [3.8, 4) is 0 Å². The van der Waals surface area contributed by atoms with Crippen molar-refractivity contribution in [2.75, 3.05) is 17.8 Å². The van der Waals surface area contributed by atoms with Crippen molar-refractivity contribution in [1.29, 1.82) is 0 Å². The number of aromatic nitrogens is 2. The summed E-state index contributed by atoms with van der Waals surface area (Å²) in [5, 5.41) is 0. The van der Waals surface area contributed by atoms with Gasteiger partial charge in [-0.1, -0.05) is 0 Å². The third kappa shape index (κ3) is 2.85. The third-order valence-corrected chi connectivity index (χ3v) is 1.38. The lowest BCUT2D eigenvalue weighted by atomic mass is 10.5. The normalized spacial score (nSPS) is 10.0. The van der Waals surface area contributed by atoms with E-state index in [-0.39, 0.29) is 0 Å². The minimum absolute atomic E-state index is 0.343. The lowest BCUT2D eigenvalue weighted by Gasteiger charge is -2.04. The summed E-state index contributed by atoms with van der Waals surface area (Å²) in [4.78, 5) is 8.00. The van der Waals surface area contributed by atoms with Crippen LogP contribution >= 0.6 is 0 Å². The van der Waals surface area contributed by atoms with E-state index in [4.69, 9.17) is 16.3 Å². The van der Waals surface area contributed by atoms with E-state index in [2.05, 4.69) is 15.4 Å². The van der Waals surface area contributed by atoms with Crippen LogP contribution in [0.25, 0.3) is 0 Å². The van der Waals surface area contributed by atoms with Crippen molar-refractivity contribution in [3.05, 3.63) is 11.9 Å². The summed E-state index contributed by atoms with van der Waals surface area (Å²) in [6, 6.07) is 1.55.